The van der Waals surface area contributed by atoms with E-state index in [9.17, 15) is 4.79 Å². The standard InChI is InChI=1S/C16H32N2O/c1-13(2)10-14(12-17)11-16(19)18-15-8-6-4-3-5-7-9-15/h13-15H,3-12,17H2,1-2H3,(H,18,19). The van der Waals surface area contributed by atoms with E-state index in [0.717, 1.165) is 19.3 Å². The van der Waals surface area contributed by atoms with Gasteiger partial charge in [-0.05, 0) is 37.6 Å². The zero-order valence-corrected chi connectivity index (χ0v) is 12.8. The smallest absolute Gasteiger partial charge is 0.220 e. The fourth-order valence-electron chi connectivity index (χ4n) is 3.08. The van der Waals surface area contributed by atoms with E-state index >= 15 is 0 Å². The molecule has 1 fully saturated rings. The van der Waals surface area contributed by atoms with Gasteiger partial charge in [0.25, 0.3) is 0 Å². The third-order valence-corrected chi connectivity index (χ3v) is 4.08. The fraction of sp³-hybridized carbons (Fsp3) is 0.938. The molecule has 3 heteroatoms. The van der Waals surface area contributed by atoms with E-state index in [0.29, 0.717) is 30.8 Å². The van der Waals surface area contributed by atoms with Crippen molar-refractivity contribution in [2.75, 3.05) is 6.54 Å². The van der Waals surface area contributed by atoms with Gasteiger partial charge >= 0.3 is 0 Å². The van der Waals surface area contributed by atoms with Gasteiger partial charge in [-0.2, -0.15) is 0 Å². The van der Waals surface area contributed by atoms with Crippen LogP contribution in [-0.4, -0.2) is 18.5 Å². The molecule has 0 spiro atoms. The van der Waals surface area contributed by atoms with Gasteiger partial charge in [0.05, 0.1) is 0 Å². The number of hydrogen-bond donors (Lipinski definition) is 2. The fourth-order valence-corrected chi connectivity index (χ4v) is 3.08. The molecule has 0 aromatic heterocycles. The molecule has 1 rings (SSSR count). The Morgan fingerprint density at radius 3 is 2.26 bits per heavy atom. The molecule has 0 aliphatic heterocycles. The van der Waals surface area contributed by atoms with Gasteiger partial charge in [-0.1, -0.05) is 46.0 Å². The number of carbonyl (C=O) groups excluding carboxylic acids is 1. The number of rotatable bonds is 6. The van der Waals surface area contributed by atoms with Crippen LogP contribution >= 0.6 is 0 Å². The Labute approximate surface area is 118 Å². The summed E-state index contributed by atoms with van der Waals surface area (Å²) in [6.07, 6.45) is 10.5. The summed E-state index contributed by atoms with van der Waals surface area (Å²) in [5, 5.41) is 3.23. The predicted octanol–water partition coefficient (Wildman–Crippen LogP) is 3.23. The van der Waals surface area contributed by atoms with Crippen LogP contribution in [-0.2, 0) is 4.79 Å². The van der Waals surface area contributed by atoms with Crippen molar-refractivity contribution < 1.29 is 4.79 Å². The van der Waals surface area contributed by atoms with Crippen molar-refractivity contribution in [2.45, 2.75) is 77.7 Å². The molecule has 1 atom stereocenters. The van der Waals surface area contributed by atoms with Crippen molar-refractivity contribution in [1.82, 2.24) is 5.32 Å². The Balaban J connectivity index is 2.31. The molecule has 1 unspecified atom stereocenters. The third-order valence-electron chi connectivity index (χ3n) is 4.08. The van der Waals surface area contributed by atoms with Gasteiger partial charge < -0.3 is 11.1 Å². The van der Waals surface area contributed by atoms with E-state index in [2.05, 4.69) is 19.2 Å². The highest BCUT2D eigenvalue weighted by Crippen LogP contribution is 2.18. The lowest BCUT2D eigenvalue weighted by atomic mass is 9.93. The van der Waals surface area contributed by atoms with Gasteiger partial charge in [-0.15, -0.1) is 0 Å². The Bertz CT molecular complexity index is 245. The summed E-state index contributed by atoms with van der Waals surface area (Å²) in [5.41, 5.74) is 5.77. The summed E-state index contributed by atoms with van der Waals surface area (Å²) in [4.78, 5) is 12.1. The molecule has 0 radical (unpaired) electrons. The molecule has 19 heavy (non-hydrogen) atoms. The van der Waals surface area contributed by atoms with Crippen molar-refractivity contribution in [3.05, 3.63) is 0 Å². The summed E-state index contributed by atoms with van der Waals surface area (Å²) >= 11 is 0. The SMILES string of the molecule is CC(C)CC(CN)CC(=O)NC1CCCCCCC1. The van der Waals surface area contributed by atoms with Crippen molar-refractivity contribution in [1.29, 1.82) is 0 Å². The van der Waals surface area contributed by atoms with Crippen molar-refractivity contribution in [2.24, 2.45) is 17.6 Å². The van der Waals surface area contributed by atoms with Crippen molar-refractivity contribution in [3.63, 3.8) is 0 Å². The molecule has 0 aromatic carbocycles. The first-order valence-corrected chi connectivity index (χ1v) is 8.11. The molecule has 1 amide bonds. The van der Waals surface area contributed by atoms with E-state index in [4.69, 9.17) is 5.73 Å². The summed E-state index contributed by atoms with van der Waals surface area (Å²) < 4.78 is 0. The van der Waals surface area contributed by atoms with Gasteiger partial charge in [0.2, 0.25) is 5.91 Å². The van der Waals surface area contributed by atoms with E-state index in [1.54, 1.807) is 0 Å². The van der Waals surface area contributed by atoms with Crippen LogP contribution in [0.4, 0.5) is 0 Å². The maximum absolute atomic E-state index is 12.1. The second kappa shape index (κ2) is 9.35. The van der Waals surface area contributed by atoms with Crippen molar-refractivity contribution in [3.8, 4) is 0 Å². The van der Waals surface area contributed by atoms with E-state index in [1.165, 1.54) is 32.1 Å². The zero-order chi connectivity index (χ0) is 14.1. The van der Waals surface area contributed by atoms with Crippen LogP contribution in [0, 0.1) is 11.8 Å². The molecule has 3 N–H and O–H groups in total. The monoisotopic (exact) mass is 268 g/mol. The van der Waals surface area contributed by atoms with Gasteiger partial charge in [-0.3, -0.25) is 4.79 Å². The van der Waals surface area contributed by atoms with Crippen LogP contribution in [0.15, 0.2) is 0 Å². The van der Waals surface area contributed by atoms with E-state index < -0.39 is 0 Å². The minimum absolute atomic E-state index is 0.210. The van der Waals surface area contributed by atoms with Crippen molar-refractivity contribution >= 4 is 5.91 Å². The van der Waals surface area contributed by atoms with Gasteiger partial charge in [0, 0.05) is 12.5 Å². The molecule has 3 nitrogen and oxygen atoms in total. The highest BCUT2D eigenvalue weighted by molar-refractivity contribution is 5.76. The number of nitrogens with one attached hydrogen (secondary N) is 1. The van der Waals surface area contributed by atoms with Crippen LogP contribution in [0.1, 0.15) is 71.6 Å². The van der Waals surface area contributed by atoms with Gasteiger partial charge in [-0.25, -0.2) is 0 Å². The lowest BCUT2D eigenvalue weighted by Crippen LogP contribution is -2.37. The molecule has 0 heterocycles. The quantitative estimate of drug-likeness (QED) is 0.777. The summed E-state index contributed by atoms with van der Waals surface area (Å²) in [5.74, 6) is 1.16. The number of nitrogens with two attached hydrogens (primary N) is 1. The van der Waals surface area contributed by atoms with Gasteiger partial charge in [0.15, 0.2) is 0 Å². The Morgan fingerprint density at radius 2 is 1.74 bits per heavy atom. The van der Waals surface area contributed by atoms with E-state index in [-0.39, 0.29) is 5.91 Å². The maximum atomic E-state index is 12.1. The summed E-state index contributed by atoms with van der Waals surface area (Å²) in [6.45, 7) is 5.00. The molecule has 1 saturated carbocycles. The average molecular weight is 268 g/mol. The van der Waals surface area contributed by atoms with Crippen LogP contribution < -0.4 is 11.1 Å². The van der Waals surface area contributed by atoms with Crippen LogP contribution in [0.2, 0.25) is 0 Å². The third kappa shape index (κ3) is 7.56. The highest BCUT2D eigenvalue weighted by atomic mass is 16.1. The first-order valence-electron chi connectivity index (χ1n) is 8.11. The lowest BCUT2D eigenvalue weighted by molar-refractivity contribution is -0.122. The molecular formula is C16H32N2O. The minimum Gasteiger partial charge on any atom is -0.353 e. The summed E-state index contributed by atoms with van der Waals surface area (Å²) in [6, 6.07) is 0.408. The second-order valence-electron chi connectivity index (χ2n) is 6.54. The lowest BCUT2D eigenvalue weighted by Gasteiger charge is -2.23. The normalized spacial score (nSPS) is 19.8. The molecule has 112 valence electrons. The van der Waals surface area contributed by atoms with Crippen LogP contribution in [0.25, 0.3) is 0 Å². The van der Waals surface area contributed by atoms with Crippen LogP contribution in [0.3, 0.4) is 0 Å². The number of hydrogen-bond acceptors (Lipinski definition) is 2. The molecule has 0 bridgehead atoms. The Kier molecular flexibility index (Phi) is 8.11. The first-order chi connectivity index (χ1) is 9.11. The molecule has 0 saturated heterocycles. The highest BCUT2D eigenvalue weighted by Gasteiger charge is 2.17. The first kappa shape index (κ1) is 16.5. The zero-order valence-electron chi connectivity index (χ0n) is 12.8. The topological polar surface area (TPSA) is 55.1 Å². The molecule has 1 aliphatic carbocycles. The molecular weight excluding hydrogens is 236 g/mol. The van der Waals surface area contributed by atoms with E-state index in [1.807, 2.05) is 0 Å². The molecule has 1 aliphatic rings. The number of amides is 1. The minimum atomic E-state index is 0.210. The van der Waals surface area contributed by atoms with Crippen LogP contribution in [0.5, 0.6) is 0 Å². The number of carbonyl (C=O) groups is 1. The maximum Gasteiger partial charge on any atom is 0.220 e. The largest absolute Gasteiger partial charge is 0.353 e. The Hall–Kier alpha value is -0.570. The predicted molar refractivity (Wildman–Crippen MR) is 80.9 cm³/mol. The average Bonchev–Trinajstić information content (AvgIpc) is 2.31. The van der Waals surface area contributed by atoms with Gasteiger partial charge in [0.1, 0.15) is 0 Å². The molecule has 0 aromatic rings. The second-order valence-corrected chi connectivity index (χ2v) is 6.54. The Morgan fingerprint density at radius 1 is 1.16 bits per heavy atom. The summed E-state index contributed by atoms with van der Waals surface area (Å²) in [7, 11) is 0.